The van der Waals surface area contributed by atoms with Crippen molar-refractivity contribution in [3.63, 3.8) is 0 Å². The van der Waals surface area contributed by atoms with Crippen LogP contribution in [0.5, 0.6) is 5.75 Å². The molecule has 0 unspecified atom stereocenters. The number of hydrogen-bond donors (Lipinski definition) is 10. The summed E-state index contributed by atoms with van der Waals surface area (Å²) in [6, 6.07) is 0.217. The maximum Gasteiger partial charge on any atom is 0.524 e. The van der Waals surface area contributed by atoms with Crippen molar-refractivity contribution in [1.29, 1.82) is 0 Å². The Hall–Kier alpha value is -4.84. The number of nitrogens with one attached hydrogen (secondary N) is 6. The molecule has 4 atom stereocenters. The van der Waals surface area contributed by atoms with E-state index in [4.69, 9.17) is 15.5 Å². The molecular formula is C31H48N7O12P. The fourth-order valence-electron chi connectivity index (χ4n) is 4.47. The minimum absolute atomic E-state index is 0.0967. The van der Waals surface area contributed by atoms with Crippen LogP contribution in [0.3, 0.4) is 0 Å². The van der Waals surface area contributed by atoms with Gasteiger partial charge in [0.1, 0.15) is 29.9 Å². The molecule has 19 nitrogen and oxygen atoms in total. The number of benzene rings is 1. The van der Waals surface area contributed by atoms with Gasteiger partial charge in [-0.15, -0.1) is 6.58 Å². The number of carbonyl (C=O) groups excluding carboxylic acids is 7. The molecule has 1 rings (SSSR count). The molecule has 0 aliphatic rings. The van der Waals surface area contributed by atoms with Crippen molar-refractivity contribution in [3.8, 4) is 5.75 Å². The molecule has 0 spiro atoms. The van der Waals surface area contributed by atoms with Crippen LogP contribution < -0.4 is 42.2 Å². The molecule has 0 aromatic heterocycles. The van der Waals surface area contributed by atoms with Crippen molar-refractivity contribution in [3.05, 3.63) is 42.5 Å². The largest absolute Gasteiger partial charge is 0.524 e. The Labute approximate surface area is 295 Å². The number of aliphatic hydroxyl groups is 1. The van der Waals surface area contributed by atoms with E-state index in [0.29, 0.717) is 12.0 Å². The molecule has 284 valence electrons. The molecule has 1 aromatic carbocycles. The van der Waals surface area contributed by atoms with E-state index in [2.05, 4.69) is 43.0 Å². The SMILES string of the molecule is C=CCCNC(=O)[C@H](CO)NC(=O)[C@H](CC(C)C)NC(=O)CNC(=O)[C@H](CCC(N)=O)NC(=O)[C@H](Cc1ccc(OP(=O)(O)O)cc1)NC(C)=O. The lowest BCUT2D eigenvalue weighted by Crippen LogP contribution is -2.57. The predicted octanol–water partition coefficient (Wildman–Crippen LogP) is -2.23. The van der Waals surface area contributed by atoms with Crippen LogP contribution in [0.15, 0.2) is 36.9 Å². The summed E-state index contributed by atoms with van der Waals surface area (Å²) >= 11 is 0. The lowest BCUT2D eigenvalue weighted by molar-refractivity contribution is -0.134. The number of carbonyl (C=O) groups is 7. The fraction of sp³-hybridized carbons (Fsp3) is 0.516. The first kappa shape index (κ1) is 44.2. The Balaban J connectivity index is 3.00. The van der Waals surface area contributed by atoms with Gasteiger partial charge in [-0.25, -0.2) is 4.57 Å². The number of amides is 7. The molecule has 11 N–H and O–H groups in total. The van der Waals surface area contributed by atoms with Crippen molar-refractivity contribution < 1.29 is 57.5 Å². The zero-order valence-electron chi connectivity index (χ0n) is 28.7. The summed E-state index contributed by atoms with van der Waals surface area (Å²) in [5, 5.41) is 24.3. The Morgan fingerprint density at radius 1 is 0.863 bits per heavy atom. The van der Waals surface area contributed by atoms with Gasteiger partial charge in [-0.1, -0.05) is 32.1 Å². The molecule has 0 saturated carbocycles. The van der Waals surface area contributed by atoms with Crippen LogP contribution in [-0.4, -0.2) is 100 Å². The first-order valence-corrected chi connectivity index (χ1v) is 17.4. The highest BCUT2D eigenvalue weighted by Gasteiger charge is 2.29. The van der Waals surface area contributed by atoms with E-state index in [-0.39, 0.29) is 43.9 Å². The van der Waals surface area contributed by atoms with Crippen molar-refractivity contribution in [2.24, 2.45) is 11.7 Å². The van der Waals surface area contributed by atoms with E-state index >= 15 is 0 Å². The minimum Gasteiger partial charge on any atom is -0.404 e. The van der Waals surface area contributed by atoms with Crippen LogP contribution in [0.25, 0.3) is 0 Å². The van der Waals surface area contributed by atoms with Crippen LogP contribution >= 0.6 is 7.82 Å². The van der Waals surface area contributed by atoms with E-state index in [0.717, 1.165) is 6.92 Å². The van der Waals surface area contributed by atoms with E-state index in [9.17, 15) is 43.2 Å². The Kier molecular flexibility index (Phi) is 19.1. The molecule has 0 heterocycles. The van der Waals surface area contributed by atoms with E-state index in [1.165, 1.54) is 24.3 Å². The van der Waals surface area contributed by atoms with Gasteiger partial charge in [-0.3, -0.25) is 43.3 Å². The molecule has 0 radical (unpaired) electrons. The first-order chi connectivity index (χ1) is 23.8. The van der Waals surface area contributed by atoms with Gasteiger partial charge in [0.15, 0.2) is 0 Å². The molecular weight excluding hydrogens is 693 g/mol. The lowest BCUT2D eigenvalue weighted by Gasteiger charge is -2.24. The molecule has 0 bridgehead atoms. The van der Waals surface area contributed by atoms with Gasteiger partial charge in [0.05, 0.1) is 13.2 Å². The fourth-order valence-corrected chi connectivity index (χ4v) is 4.86. The van der Waals surface area contributed by atoms with Crippen molar-refractivity contribution in [2.75, 3.05) is 19.7 Å². The third-order valence-electron chi connectivity index (χ3n) is 6.84. The quantitative estimate of drug-likeness (QED) is 0.0324. The number of phosphoric acid groups is 1. The van der Waals surface area contributed by atoms with Gasteiger partial charge in [0.25, 0.3) is 0 Å². The standard InChI is InChI=1S/C31H48N7O12P/c1-5-6-13-33-29(44)25(17-39)38-30(45)23(14-18(2)3)36-27(42)16-34-28(43)22(11-12-26(32)41)37-31(46)24(35-19(4)40)15-20-7-9-21(10-8-20)50-51(47,48)49/h5,7-10,18,22-25,39H,1,6,11-17H2,2-4H3,(H2,32,41)(H,33,44)(H,34,43)(H,35,40)(H,36,42)(H,37,46)(H,38,45)(H2,47,48,49)/t22-,23-,24-,25-/m0/s1. The summed E-state index contributed by atoms with van der Waals surface area (Å²) in [5.74, 6) is -5.53. The van der Waals surface area contributed by atoms with Crippen molar-refractivity contribution in [2.45, 2.75) is 77.0 Å². The minimum atomic E-state index is -4.81. The molecule has 0 fully saturated rings. The Morgan fingerprint density at radius 3 is 1.98 bits per heavy atom. The number of phosphoric ester groups is 1. The molecule has 0 aliphatic carbocycles. The van der Waals surface area contributed by atoms with E-state index in [1.54, 1.807) is 19.9 Å². The van der Waals surface area contributed by atoms with Crippen molar-refractivity contribution >= 4 is 49.2 Å². The number of aliphatic hydroxyl groups excluding tert-OH is 1. The lowest BCUT2D eigenvalue weighted by atomic mass is 10.0. The molecule has 20 heteroatoms. The van der Waals surface area contributed by atoms with Crippen LogP contribution in [-0.2, 0) is 44.5 Å². The second-order valence-electron chi connectivity index (χ2n) is 11.8. The highest BCUT2D eigenvalue weighted by molar-refractivity contribution is 7.46. The van der Waals surface area contributed by atoms with Gasteiger partial charge >= 0.3 is 7.82 Å². The third kappa shape index (κ3) is 18.7. The van der Waals surface area contributed by atoms with Crippen molar-refractivity contribution in [1.82, 2.24) is 31.9 Å². The Bertz CT molecular complexity index is 1430. The predicted molar refractivity (Wildman–Crippen MR) is 182 cm³/mol. The van der Waals surface area contributed by atoms with Gasteiger partial charge in [-0.2, -0.15) is 0 Å². The summed E-state index contributed by atoms with van der Waals surface area (Å²) in [4.78, 5) is 106. The highest BCUT2D eigenvalue weighted by Crippen LogP contribution is 2.37. The summed E-state index contributed by atoms with van der Waals surface area (Å²) in [5.41, 5.74) is 5.68. The smallest absolute Gasteiger partial charge is 0.404 e. The normalized spacial score (nSPS) is 13.4. The molecule has 7 amide bonds. The maximum absolute atomic E-state index is 13.3. The van der Waals surface area contributed by atoms with Gasteiger partial charge < -0.3 is 47.3 Å². The monoisotopic (exact) mass is 741 g/mol. The summed E-state index contributed by atoms with van der Waals surface area (Å²) in [6.45, 7) is 7.15. The van der Waals surface area contributed by atoms with Crippen LogP contribution in [0.2, 0.25) is 0 Å². The molecule has 1 aromatic rings. The summed E-state index contributed by atoms with van der Waals surface area (Å²) < 4.78 is 15.6. The number of primary amides is 1. The second kappa shape index (κ2) is 22.1. The van der Waals surface area contributed by atoms with Gasteiger partial charge in [-0.05, 0) is 42.9 Å². The summed E-state index contributed by atoms with van der Waals surface area (Å²) in [6.07, 6.45) is 1.46. The highest BCUT2D eigenvalue weighted by atomic mass is 31.2. The molecule has 51 heavy (non-hydrogen) atoms. The number of nitrogens with two attached hydrogens (primary N) is 1. The topological polar surface area (TPSA) is 305 Å². The van der Waals surface area contributed by atoms with Crippen LogP contribution in [0, 0.1) is 5.92 Å². The van der Waals surface area contributed by atoms with Crippen LogP contribution in [0.1, 0.15) is 52.0 Å². The Morgan fingerprint density at radius 2 is 1.45 bits per heavy atom. The van der Waals surface area contributed by atoms with Gasteiger partial charge in [0.2, 0.25) is 41.4 Å². The third-order valence-corrected chi connectivity index (χ3v) is 7.29. The molecule has 0 aliphatic heterocycles. The summed E-state index contributed by atoms with van der Waals surface area (Å²) in [7, 11) is -4.81. The average Bonchev–Trinajstić information content (AvgIpc) is 3.03. The van der Waals surface area contributed by atoms with Crippen LogP contribution in [0.4, 0.5) is 0 Å². The second-order valence-corrected chi connectivity index (χ2v) is 13.0. The van der Waals surface area contributed by atoms with E-state index in [1.807, 2.05) is 0 Å². The first-order valence-electron chi connectivity index (χ1n) is 15.9. The zero-order valence-corrected chi connectivity index (χ0v) is 29.6. The molecule has 0 saturated heterocycles. The zero-order chi connectivity index (χ0) is 38.7. The van der Waals surface area contributed by atoms with E-state index < -0.39 is 86.5 Å². The number of hydrogen-bond acceptors (Lipinski definition) is 10. The van der Waals surface area contributed by atoms with Gasteiger partial charge in [0, 0.05) is 26.3 Å². The average molecular weight is 742 g/mol. The number of rotatable bonds is 23. The maximum atomic E-state index is 13.3.